The number of rotatable bonds is 4. The number of aliphatic carboxylic acids is 1. The summed E-state index contributed by atoms with van der Waals surface area (Å²) in [5.74, 6) is -0.950. The van der Waals surface area contributed by atoms with E-state index in [0.717, 1.165) is 0 Å². The van der Waals surface area contributed by atoms with E-state index in [4.69, 9.17) is 28.3 Å². The summed E-state index contributed by atoms with van der Waals surface area (Å²) in [4.78, 5) is 30.4. The molecule has 1 N–H and O–H groups in total. The zero-order chi connectivity index (χ0) is 15.4. The van der Waals surface area contributed by atoms with Crippen LogP contribution in [0.4, 0.5) is 0 Å². The lowest BCUT2D eigenvalue weighted by Gasteiger charge is -2.34. The van der Waals surface area contributed by atoms with Crippen LogP contribution >= 0.6 is 23.2 Å². The molecule has 0 saturated carbocycles. The fourth-order valence-electron chi connectivity index (χ4n) is 2.20. The SMILES string of the molecule is O=C(O)CCN1CCN(C(=O)c2cc(Cl)nc(Cl)c2)CC1. The molecule has 6 nitrogen and oxygen atoms in total. The number of carbonyl (C=O) groups excluding carboxylic acids is 1. The maximum absolute atomic E-state index is 12.3. The molecule has 2 rings (SSSR count). The molecule has 0 atom stereocenters. The number of amides is 1. The van der Waals surface area contributed by atoms with Crippen LogP contribution in [0, 0.1) is 0 Å². The Kier molecular flexibility index (Phi) is 5.39. The van der Waals surface area contributed by atoms with Gasteiger partial charge in [-0.3, -0.25) is 14.5 Å². The largest absolute Gasteiger partial charge is 0.481 e. The van der Waals surface area contributed by atoms with Crippen LogP contribution in [0.3, 0.4) is 0 Å². The monoisotopic (exact) mass is 331 g/mol. The van der Waals surface area contributed by atoms with Crippen molar-refractivity contribution in [3.8, 4) is 0 Å². The summed E-state index contributed by atoms with van der Waals surface area (Å²) in [5, 5.41) is 9.04. The van der Waals surface area contributed by atoms with Gasteiger partial charge in [0.25, 0.3) is 5.91 Å². The zero-order valence-electron chi connectivity index (χ0n) is 11.3. The van der Waals surface area contributed by atoms with E-state index in [1.54, 1.807) is 4.90 Å². The second-order valence-electron chi connectivity index (χ2n) is 4.78. The van der Waals surface area contributed by atoms with Crippen LogP contribution in [0.2, 0.25) is 10.3 Å². The predicted molar refractivity (Wildman–Crippen MR) is 78.9 cm³/mol. The number of carboxylic acid groups (broad SMARTS) is 1. The smallest absolute Gasteiger partial charge is 0.304 e. The van der Waals surface area contributed by atoms with Gasteiger partial charge in [-0.25, -0.2) is 4.98 Å². The second-order valence-corrected chi connectivity index (χ2v) is 5.55. The first-order valence-corrected chi connectivity index (χ1v) is 7.28. The topological polar surface area (TPSA) is 73.7 Å². The first-order chi connectivity index (χ1) is 9.95. The van der Waals surface area contributed by atoms with Gasteiger partial charge in [0.2, 0.25) is 0 Å². The van der Waals surface area contributed by atoms with Gasteiger partial charge >= 0.3 is 5.97 Å². The molecular formula is C13H15Cl2N3O3. The standard InChI is InChI=1S/C13H15Cl2N3O3/c14-10-7-9(8-11(15)16-10)13(21)18-5-3-17(4-6-18)2-1-12(19)20/h7-8H,1-6H2,(H,19,20). The molecule has 1 aliphatic heterocycles. The number of hydrogen-bond donors (Lipinski definition) is 1. The minimum absolute atomic E-state index is 0.115. The van der Waals surface area contributed by atoms with Crippen molar-refractivity contribution in [1.29, 1.82) is 0 Å². The van der Waals surface area contributed by atoms with Crippen molar-refractivity contribution in [2.45, 2.75) is 6.42 Å². The molecule has 1 aromatic heterocycles. The number of carboxylic acids is 1. The van der Waals surface area contributed by atoms with Crippen LogP contribution in [0.5, 0.6) is 0 Å². The number of carbonyl (C=O) groups is 2. The highest BCUT2D eigenvalue weighted by molar-refractivity contribution is 6.33. The Bertz CT molecular complexity index is 525. The Labute approximate surface area is 132 Å². The number of nitrogens with zero attached hydrogens (tertiary/aromatic N) is 3. The lowest BCUT2D eigenvalue weighted by atomic mass is 10.2. The highest BCUT2D eigenvalue weighted by Crippen LogP contribution is 2.17. The summed E-state index contributed by atoms with van der Waals surface area (Å²) in [5.41, 5.74) is 0.416. The Morgan fingerprint density at radius 3 is 2.24 bits per heavy atom. The molecule has 114 valence electrons. The summed E-state index contributed by atoms with van der Waals surface area (Å²) in [6, 6.07) is 2.99. The third-order valence-electron chi connectivity index (χ3n) is 3.31. The second kappa shape index (κ2) is 7.06. The van der Waals surface area contributed by atoms with Crippen molar-refractivity contribution >= 4 is 35.1 Å². The molecule has 1 saturated heterocycles. The van der Waals surface area contributed by atoms with Crippen molar-refractivity contribution in [2.75, 3.05) is 32.7 Å². The fourth-order valence-corrected chi connectivity index (χ4v) is 2.66. The number of halogens is 2. The van der Waals surface area contributed by atoms with Gasteiger partial charge in [0.15, 0.2) is 0 Å². The molecule has 0 bridgehead atoms. The predicted octanol–water partition coefficient (Wildman–Crippen LogP) is 1.62. The summed E-state index contributed by atoms with van der Waals surface area (Å²) < 4.78 is 0. The Hall–Kier alpha value is -1.37. The van der Waals surface area contributed by atoms with Crippen molar-refractivity contribution in [1.82, 2.24) is 14.8 Å². The van der Waals surface area contributed by atoms with E-state index in [1.807, 2.05) is 4.90 Å². The number of hydrogen-bond acceptors (Lipinski definition) is 4. The molecule has 1 aromatic rings. The third kappa shape index (κ3) is 4.56. The summed E-state index contributed by atoms with van der Waals surface area (Å²) in [6.07, 6.45) is 0.115. The normalized spacial score (nSPS) is 16.0. The zero-order valence-corrected chi connectivity index (χ0v) is 12.8. The van der Waals surface area contributed by atoms with E-state index < -0.39 is 5.97 Å². The molecule has 2 heterocycles. The van der Waals surface area contributed by atoms with E-state index >= 15 is 0 Å². The molecule has 0 aliphatic carbocycles. The molecule has 0 unspecified atom stereocenters. The van der Waals surface area contributed by atoms with Gasteiger partial charge in [-0.1, -0.05) is 23.2 Å². The first-order valence-electron chi connectivity index (χ1n) is 6.52. The number of aromatic nitrogens is 1. The molecule has 8 heteroatoms. The van der Waals surface area contributed by atoms with E-state index in [9.17, 15) is 9.59 Å². The molecule has 21 heavy (non-hydrogen) atoms. The summed E-state index contributed by atoms with van der Waals surface area (Å²) in [7, 11) is 0. The highest BCUT2D eigenvalue weighted by atomic mass is 35.5. The van der Waals surface area contributed by atoms with E-state index in [1.165, 1.54) is 12.1 Å². The van der Waals surface area contributed by atoms with E-state index in [-0.39, 0.29) is 22.6 Å². The van der Waals surface area contributed by atoms with E-state index in [0.29, 0.717) is 38.3 Å². The Balaban J connectivity index is 1.92. The molecule has 1 aliphatic rings. The molecule has 0 radical (unpaired) electrons. The quantitative estimate of drug-likeness (QED) is 0.848. The van der Waals surface area contributed by atoms with Gasteiger partial charge in [-0.15, -0.1) is 0 Å². The fraction of sp³-hybridized carbons (Fsp3) is 0.462. The van der Waals surface area contributed by atoms with E-state index in [2.05, 4.69) is 4.98 Å². The van der Waals surface area contributed by atoms with Crippen molar-refractivity contribution in [2.24, 2.45) is 0 Å². The van der Waals surface area contributed by atoms with Gasteiger partial charge in [0.1, 0.15) is 10.3 Å². The van der Waals surface area contributed by atoms with Crippen LogP contribution in [0.25, 0.3) is 0 Å². The van der Waals surface area contributed by atoms with Crippen LogP contribution in [0.1, 0.15) is 16.8 Å². The summed E-state index contributed by atoms with van der Waals surface area (Å²) >= 11 is 11.6. The molecule has 0 aromatic carbocycles. The maximum Gasteiger partial charge on any atom is 0.304 e. The molecule has 1 amide bonds. The molecule has 1 fully saturated rings. The third-order valence-corrected chi connectivity index (χ3v) is 3.70. The first kappa shape index (κ1) is 16.0. The van der Waals surface area contributed by atoms with Crippen molar-refractivity contribution < 1.29 is 14.7 Å². The average Bonchev–Trinajstić information content (AvgIpc) is 2.44. The van der Waals surface area contributed by atoms with Gasteiger partial charge in [-0.05, 0) is 12.1 Å². The van der Waals surface area contributed by atoms with Crippen molar-refractivity contribution in [3.05, 3.63) is 28.0 Å². The Morgan fingerprint density at radius 1 is 1.14 bits per heavy atom. The van der Waals surface area contributed by atoms with Crippen LogP contribution < -0.4 is 0 Å². The lowest BCUT2D eigenvalue weighted by Crippen LogP contribution is -2.49. The van der Waals surface area contributed by atoms with Crippen LogP contribution in [0.15, 0.2) is 12.1 Å². The van der Waals surface area contributed by atoms with Gasteiger partial charge in [-0.2, -0.15) is 0 Å². The average molecular weight is 332 g/mol. The number of piperazine rings is 1. The Morgan fingerprint density at radius 2 is 1.71 bits per heavy atom. The molecule has 0 spiro atoms. The lowest BCUT2D eigenvalue weighted by molar-refractivity contribution is -0.137. The molecular weight excluding hydrogens is 317 g/mol. The van der Waals surface area contributed by atoms with Gasteiger partial charge < -0.3 is 10.0 Å². The summed E-state index contributed by atoms with van der Waals surface area (Å²) in [6.45, 7) is 2.92. The van der Waals surface area contributed by atoms with Crippen LogP contribution in [-0.2, 0) is 4.79 Å². The maximum atomic E-state index is 12.3. The van der Waals surface area contributed by atoms with Crippen LogP contribution in [-0.4, -0.2) is 64.5 Å². The number of pyridine rings is 1. The van der Waals surface area contributed by atoms with Gasteiger partial charge in [0.05, 0.1) is 6.42 Å². The minimum Gasteiger partial charge on any atom is -0.481 e. The van der Waals surface area contributed by atoms with Crippen molar-refractivity contribution in [3.63, 3.8) is 0 Å². The highest BCUT2D eigenvalue weighted by Gasteiger charge is 2.23. The van der Waals surface area contributed by atoms with Gasteiger partial charge in [0, 0.05) is 38.3 Å². The minimum atomic E-state index is -0.811.